The molecule has 2 nitrogen and oxygen atoms in total. The first-order valence-electron chi connectivity index (χ1n) is 3.32. The Morgan fingerprint density at radius 1 is 1.33 bits per heavy atom. The highest BCUT2D eigenvalue weighted by Crippen LogP contribution is 2.31. The molecule has 0 aliphatic carbocycles. The monoisotopic (exact) mass is 200 g/mol. The van der Waals surface area contributed by atoms with E-state index < -0.39 is 0 Å². The largest absolute Gasteiger partial charge is 0.508 e. The molecule has 0 spiro atoms. The molecule has 0 heterocycles. The van der Waals surface area contributed by atoms with Crippen LogP contribution in [0, 0.1) is 0 Å². The Balaban J connectivity index is 2.53. The van der Waals surface area contributed by atoms with Crippen LogP contribution >= 0.6 is 21.6 Å². The molecule has 1 aromatic carbocycles. The van der Waals surface area contributed by atoms with E-state index in [1.165, 1.54) is 28.5 Å². The molecule has 12 heavy (non-hydrogen) atoms. The number of hydrogen-bond acceptors (Lipinski definition) is 4. The van der Waals surface area contributed by atoms with E-state index in [0.29, 0.717) is 0 Å². The molecule has 64 valence electrons. The molecule has 0 bridgehead atoms. The Morgan fingerprint density at radius 2 is 1.92 bits per heavy atom. The molecule has 0 atom stereocenters. The zero-order chi connectivity index (χ0) is 8.97. The fourth-order valence-electron chi connectivity index (χ4n) is 0.608. The van der Waals surface area contributed by atoms with Crippen LogP contribution in [-0.4, -0.2) is 10.2 Å². The molecule has 0 aliphatic rings. The van der Waals surface area contributed by atoms with Crippen LogP contribution in [0.15, 0.2) is 29.2 Å². The molecule has 0 aliphatic heterocycles. The van der Waals surface area contributed by atoms with E-state index in [1.807, 2.05) is 0 Å². The van der Waals surface area contributed by atoms with Crippen molar-refractivity contribution >= 4 is 26.7 Å². The highest BCUT2D eigenvalue weighted by Gasteiger charge is 1.97. The number of phenolic OH excluding ortho intramolecular Hbond substituents is 1. The smallest absolute Gasteiger partial charge is 0.196 e. The van der Waals surface area contributed by atoms with Gasteiger partial charge < -0.3 is 5.11 Å². The summed E-state index contributed by atoms with van der Waals surface area (Å²) < 4.78 is 0. The summed E-state index contributed by atoms with van der Waals surface area (Å²) in [7, 11) is 2.58. The third-order valence-corrected chi connectivity index (χ3v) is 3.41. The number of phenols is 1. The van der Waals surface area contributed by atoms with E-state index in [4.69, 9.17) is 5.11 Å². The van der Waals surface area contributed by atoms with Crippen LogP contribution in [0.5, 0.6) is 5.75 Å². The molecule has 0 unspecified atom stereocenters. The number of carbonyl (C=O) groups is 1. The van der Waals surface area contributed by atoms with Gasteiger partial charge in [0, 0.05) is 11.8 Å². The number of benzene rings is 1. The van der Waals surface area contributed by atoms with E-state index in [9.17, 15) is 4.79 Å². The molecule has 1 N–H and O–H groups in total. The van der Waals surface area contributed by atoms with Crippen molar-refractivity contribution in [2.75, 3.05) is 0 Å². The Bertz CT molecular complexity index is 269. The lowest BCUT2D eigenvalue weighted by Crippen LogP contribution is -1.74. The minimum Gasteiger partial charge on any atom is -0.508 e. The number of carbonyl (C=O) groups excluding carboxylic acids is 1. The molecule has 4 heteroatoms. The SMILES string of the molecule is CC(=O)SSc1ccc(O)cc1. The fourth-order valence-corrected chi connectivity index (χ4v) is 2.04. The maximum absolute atomic E-state index is 10.6. The molecule has 0 amide bonds. The highest BCUT2D eigenvalue weighted by molar-refractivity contribution is 8.82. The molecule has 0 saturated heterocycles. The van der Waals surface area contributed by atoms with Crippen LogP contribution < -0.4 is 0 Å². The van der Waals surface area contributed by atoms with E-state index in [1.54, 1.807) is 24.3 Å². The summed E-state index contributed by atoms with van der Waals surface area (Å²) >= 11 is 0. The van der Waals surface area contributed by atoms with Gasteiger partial charge in [0.15, 0.2) is 5.12 Å². The third kappa shape index (κ3) is 3.19. The van der Waals surface area contributed by atoms with Crippen LogP contribution in [0.25, 0.3) is 0 Å². The molecule has 0 aromatic heterocycles. The summed E-state index contributed by atoms with van der Waals surface area (Å²) in [5, 5.41) is 9.03. The van der Waals surface area contributed by atoms with Gasteiger partial charge in [-0.3, -0.25) is 4.79 Å². The molecular weight excluding hydrogens is 192 g/mol. The zero-order valence-corrected chi connectivity index (χ0v) is 8.11. The van der Waals surface area contributed by atoms with Gasteiger partial charge >= 0.3 is 0 Å². The third-order valence-electron chi connectivity index (χ3n) is 1.09. The predicted octanol–water partition coefficient (Wildman–Crippen LogP) is 2.68. The lowest BCUT2D eigenvalue weighted by Gasteiger charge is -1.96. The van der Waals surface area contributed by atoms with Crippen molar-refractivity contribution in [3.8, 4) is 5.75 Å². The lowest BCUT2D eigenvalue weighted by atomic mass is 10.3. The fraction of sp³-hybridized carbons (Fsp3) is 0.125. The van der Waals surface area contributed by atoms with Crippen LogP contribution in [0.1, 0.15) is 6.92 Å². The Labute approximate surface area is 78.8 Å². The Kier molecular flexibility index (Phi) is 3.49. The first-order chi connectivity index (χ1) is 5.68. The van der Waals surface area contributed by atoms with Crippen LogP contribution in [-0.2, 0) is 4.79 Å². The molecule has 1 rings (SSSR count). The molecule has 1 aromatic rings. The second kappa shape index (κ2) is 4.42. The van der Waals surface area contributed by atoms with Crippen molar-refractivity contribution < 1.29 is 9.90 Å². The Morgan fingerprint density at radius 3 is 2.42 bits per heavy atom. The lowest BCUT2D eigenvalue weighted by molar-refractivity contribution is -0.109. The van der Waals surface area contributed by atoms with Crippen LogP contribution in [0.2, 0.25) is 0 Å². The van der Waals surface area contributed by atoms with Gasteiger partial charge in [0.2, 0.25) is 0 Å². The van der Waals surface area contributed by atoms with Crippen LogP contribution in [0.3, 0.4) is 0 Å². The second-order valence-corrected chi connectivity index (χ2v) is 4.53. The van der Waals surface area contributed by atoms with Gasteiger partial charge in [-0.1, -0.05) is 0 Å². The Hall–Kier alpha value is -0.610. The van der Waals surface area contributed by atoms with Gasteiger partial charge in [0.05, 0.1) is 0 Å². The average Bonchev–Trinajstić information content (AvgIpc) is 2.03. The predicted molar refractivity (Wildman–Crippen MR) is 52.2 cm³/mol. The van der Waals surface area contributed by atoms with E-state index in [2.05, 4.69) is 0 Å². The summed E-state index contributed by atoms with van der Waals surface area (Å²) in [4.78, 5) is 11.5. The summed E-state index contributed by atoms with van der Waals surface area (Å²) in [6, 6.07) is 6.75. The van der Waals surface area contributed by atoms with E-state index >= 15 is 0 Å². The number of rotatable bonds is 2. The van der Waals surface area contributed by atoms with Gasteiger partial charge in [-0.25, -0.2) is 0 Å². The summed E-state index contributed by atoms with van der Waals surface area (Å²) in [6.07, 6.45) is 0. The minimum absolute atomic E-state index is 0.0769. The topological polar surface area (TPSA) is 37.3 Å². The van der Waals surface area contributed by atoms with E-state index in [0.717, 1.165) is 4.90 Å². The molecular formula is C8H8O2S2. The van der Waals surface area contributed by atoms with Crippen molar-refractivity contribution in [3.63, 3.8) is 0 Å². The van der Waals surface area contributed by atoms with Crippen molar-refractivity contribution in [2.45, 2.75) is 11.8 Å². The van der Waals surface area contributed by atoms with Gasteiger partial charge in [0.1, 0.15) is 5.75 Å². The van der Waals surface area contributed by atoms with Gasteiger partial charge in [0.25, 0.3) is 0 Å². The van der Waals surface area contributed by atoms with Gasteiger partial charge in [-0.05, 0) is 45.9 Å². The van der Waals surface area contributed by atoms with Gasteiger partial charge in [-0.2, -0.15) is 0 Å². The first kappa shape index (κ1) is 9.48. The summed E-state index contributed by atoms with van der Waals surface area (Å²) in [5.41, 5.74) is 0. The first-order valence-corrected chi connectivity index (χ1v) is 5.47. The van der Waals surface area contributed by atoms with Crippen molar-refractivity contribution in [3.05, 3.63) is 24.3 Å². The summed E-state index contributed by atoms with van der Waals surface area (Å²) in [6.45, 7) is 1.53. The minimum atomic E-state index is 0.0769. The second-order valence-electron chi connectivity index (χ2n) is 2.15. The molecule has 0 saturated carbocycles. The van der Waals surface area contributed by atoms with Crippen LogP contribution in [0.4, 0.5) is 0 Å². The molecule has 0 fully saturated rings. The van der Waals surface area contributed by atoms with E-state index in [-0.39, 0.29) is 10.9 Å². The molecule has 0 radical (unpaired) electrons. The zero-order valence-electron chi connectivity index (χ0n) is 6.48. The average molecular weight is 200 g/mol. The number of aromatic hydroxyl groups is 1. The van der Waals surface area contributed by atoms with Crippen molar-refractivity contribution in [1.29, 1.82) is 0 Å². The summed E-state index contributed by atoms with van der Waals surface area (Å²) in [5.74, 6) is 0.243. The van der Waals surface area contributed by atoms with Gasteiger partial charge in [-0.15, -0.1) is 0 Å². The maximum Gasteiger partial charge on any atom is 0.196 e. The number of hydrogen-bond donors (Lipinski definition) is 1. The maximum atomic E-state index is 10.6. The van der Waals surface area contributed by atoms with Crippen molar-refractivity contribution in [1.82, 2.24) is 0 Å². The van der Waals surface area contributed by atoms with Crippen molar-refractivity contribution in [2.24, 2.45) is 0 Å². The standard InChI is InChI=1S/C8H8O2S2/c1-6(9)11-12-8-4-2-7(10)3-5-8/h2-5,10H,1H3. The normalized spacial score (nSPS) is 9.75. The quantitative estimate of drug-likeness (QED) is 0.745. The highest BCUT2D eigenvalue weighted by atomic mass is 33.1.